The molecule has 0 aliphatic carbocycles. The smallest absolute Gasteiger partial charge is 0.416 e. The second-order valence-electron chi connectivity index (χ2n) is 8.44. The average Bonchev–Trinajstić information content (AvgIpc) is 2.83. The van der Waals surface area contributed by atoms with Gasteiger partial charge < -0.3 is 14.6 Å². The van der Waals surface area contributed by atoms with Gasteiger partial charge in [0, 0.05) is 35.4 Å². The number of halogens is 3. The summed E-state index contributed by atoms with van der Waals surface area (Å²) in [7, 11) is 1.47. The van der Waals surface area contributed by atoms with Crippen molar-refractivity contribution in [1.29, 1.82) is 0 Å². The summed E-state index contributed by atoms with van der Waals surface area (Å²) in [5.41, 5.74) is 1.70. The second kappa shape index (κ2) is 9.37. The number of amides is 1. The number of carbonyl (C=O) groups excluding carboxylic acids is 1. The lowest BCUT2D eigenvalue weighted by atomic mass is 9.97. The van der Waals surface area contributed by atoms with Gasteiger partial charge in [-0.3, -0.25) is 9.59 Å². The van der Waals surface area contributed by atoms with Gasteiger partial charge in [0.15, 0.2) is 0 Å². The third-order valence-electron chi connectivity index (χ3n) is 5.85. The first-order valence-corrected chi connectivity index (χ1v) is 11.0. The molecule has 1 N–H and O–H groups in total. The Morgan fingerprint density at radius 2 is 1.69 bits per heavy atom. The van der Waals surface area contributed by atoms with E-state index in [-0.39, 0.29) is 5.39 Å². The molecule has 4 aromatic rings. The first-order valence-electron chi connectivity index (χ1n) is 11.0. The zero-order chi connectivity index (χ0) is 26.2. The van der Waals surface area contributed by atoms with E-state index in [9.17, 15) is 22.8 Å². The van der Waals surface area contributed by atoms with Crippen molar-refractivity contribution in [3.8, 4) is 22.6 Å². The number of anilines is 1. The van der Waals surface area contributed by atoms with Crippen LogP contribution in [-0.4, -0.2) is 10.5 Å². The van der Waals surface area contributed by atoms with Gasteiger partial charge in [0.05, 0.1) is 5.56 Å². The number of alkyl halides is 3. The number of hydrogen-bond acceptors (Lipinski definition) is 3. The summed E-state index contributed by atoms with van der Waals surface area (Å²) < 4.78 is 47.7. The Morgan fingerprint density at radius 3 is 2.33 bits per heavy atom. The highest BCUT2D eigenvalue weighted by Crippen LogP contribution is 2.41. The van der Waals surface area contributed by atoms with E-state index in [0.29, 0.717) is 33.7 Å². The zero-order valence-electron chi connectivity index (χ0n) is 19.9. The quantitative estimate of drug-likeness (QED) is 0.313. The second-order valence-corrected chi connectivity index (χ2v) is 8.44. The Morgan fingerprint density at radius 1 is 1.00 bits per heavy atom. The minimum Gasteiger partial charge on any atom is -0.456 e. The minimum atomic E-state index is -4.60. The molecule has 8 heteroatoms. The van der Waals surface area contributed by atoms with E-state index >= 15 is 0 Å². The van der Waals surface area contributed by atoms with Crippen LogP contribution in [-0.2, 0) is 18.0 Å². The first-order chi connectivity index (χ1) is 17.0. The third kappa shape index (κ3) is 4.75. The largest absolute Gasteiger partial charge is 0.456 e. The van der Waals surface area contributed by atoms with Crippen molar-refractivity contribution in [2.75, 3.05) is 5.32 Å². The molecule has 0 spiro atoms. The lowest BCUT2D eigenvalue weighted by Gasteiger charge is -2.18. The number of aromatic nitrogens is 1. The van der Waals surface area contributed by atoms with Gasteiger partial charge in [-0.15, -0.1) is 0 Å². The van der Waals surface area contributed by atoms with Gasteiger partial charge in [0.2, 0.25) is 5.91 Å². The molecule has 36 heavy (non-hydrogen) atoms. The van der Waals surface area contributed by atoms with Gasteiger partial charge in [-0.25, -0.2) is 0 Å². The Balaban J connectivity index is 2.00. The average molecular weight is 492 g/mol. The standard InChI is InChI=1S/C28H23F3N2O3/c1-5-25(34)32-19-10-12-24(36-26-16(2)7-6-8-17(26)3)21(14-19)23-15-33(4)27(35)22-13-18(28(29,30)31)9-11-20(22)23/h5-15H,1H2,2-4H3,(H,32,34). The van der Waals surface area contributed by atoms with Gasteiger partial charge in [-0.1, -0.05) is 30.8 Å². The normalized spacial score (nSPS) is 11.4. The molecule has 3 aromatic carbocycles. The van der Waals surface area contributed by atoms with E-state index in [4.69, 9.17) is 4.74 Å². The number of carbonyl (C=O) groups is 1. The fourth-order valence-corrected chi connectivity index (χ4v) is 4.03. The van der Waals surface area contributed by atoms with Crippen LogP contribution in [0.3, 0.4) is 0 Å². The summed E-state index contributed by atoms with van der Waals surface area (Å²) in [6, 6.07) is 13.8. The number of para-hydroxylation sites is 1. The van der Waals surface area contributed by atoms with Crippen molar-refractivity contribution in [2.45, 2.75) is 20.0 Å². The first kappa shape index (κ1) is 24.8. The number of pyridine rings is 1. The number of hydrogen-bond donors (Lipinski definition) is 1. The highest BCUT2D eigenvalue weighted by molar-refractivity contribution is 6.01. The fourth-order valence-electron chi connectivity index (χ4n) is 4.03. The van der Waals surface area contributed by atoms with Crippen molar-refractivity contribution in [3.63, 3.8) is 0 Å². The summed E-state index contributed by atoms with van der Waals surface area (Å²) in [5.74, 6) is 0.614. The van der Waals surface area contributed by atoms with Crippen molar-refractivity contribution in [1.82, 2.24) is 4.57 Å². The molecule has 0 atom stereocenters. The maximum atomic E-state index is 13.4. The van der Waals surface area contributed by atoms with Gasteiger partial charge >= 0.3 is 6.18 Å². The van der Waals surface area contributed by atoms with Gasteiger partial charge in [0.1, 0.15) is 11.5 Å². The molecule has 1 aromatic heterocycles. The van der Waals surface area contributed by atoms with Crippen LogP contribution in [0.4, 0.5) is 18.9 Å². The number of nitrogens with one attached hydrogen (secondary N) is 1. The van der Waals surface area contributed by atoms with Crippen molar-refractivity contribution >= 4 is 22.4 Å². The third-order valence-corrected chi connectivity index (χ3v) is 5.85. The van der Waals surface area contributed by atoms with E-state index < -0.39 is 23.2 Å². The van der Waals surface area contributed by atoms with E-state index in [1.807, 2.05) is 32.0 Å². The molecule has 5 nitrogen and oxygen atoms in total. The highest BCUT2D eigenvalue weighted by Gasteiger charge is 2.31. The highest BCUT2D eigenvalue weighted by atomic mass is 19.4. The molecule has 0 fully saturated rings. The SMILES string of the molecule is C=CC(=O)Nc1ccc(Oc2c(C)cccc2C)c(-c2cn(C)c(=O)c3cc(C(F)(F)F)ccc23)c1. The Bertz CT molecular complexity index is 1550. The maximum Gasteiger partial charge on any atom is 0.416 e. The molecule has 0 bridgehead atoms. The molecule has 4 rings (SSSR count). The van der Waals surface area contributed by atoms with Crippen LogP contribution in [0.2, 0.25) is 0 Å². The molecule has 0 saturated carbocycles. The number of rotatable bonds is 5. The molecule has 0 aliphatic rings. The number of aryl methyl sites for hydroxylation is 3. The summed E-state index contributed by atoms with van der Waals surface area (Å²) >= 11 is 0. The lowest BCUT2D eigenvalue weighted by molar-refractivity contribution is -0.137. The van der Waals surface area contributed by atoms with Crippen LogP contribution in [0.1, 0.15) is 16.7 Å². The Hall–Kier alpha value is -4.33. The minimum absolute atomic E-state index is 0.0802. The Kier molecular flexibility index (Phi) is 6.45. The summed E-state index contributed by atoms with van der Waals surface area (Å²) in [4.78, 5) is 24.7. The molecule has 0 aliphatic heterocycles. The molecule has 0 saturated heterocycles. The number of nitrogens with zero attached hydrogens (tertiary/aromatic N) is 1. The van der Waals surface area contributed by atoms with Crippen LogP contribution in [0, 0.1) is 13.8 Å². The number of benzene rings is 3. The Labute approximate surface area is 205 Å². The molecule has 0 unspecified atom stereocenters. The number of ether oxygens (including phenoxy) is 1. The maximum absolute atomic E-state index is 13.4. The van der Waals surface area contributed by atoms with E-state index in [0.717, 1.165) is 29.3 Å². The zero-order valence-corrected chi connectivity index (χ0v) is 19.9. The fraction of sp³-hybridized carbons (Fsp3) is 0.143. The van der Waals surface area contributed by atoms with Crippen LogP contribution in [0.15, 0.2) is 78.2 Å². The summed E-state index contributed by atoms with van der Waals surface area (Å²) in [6.07, 6.45) is -1.92. The lowest BCUT2D eigenvalue weighted by Crippen LogP contribution is -2.17. The molecule has 184 valence electrons. The molecular formula is C28H23F3N2O3. The van der Waals surface area contributed by atoms with Crippen molar-refractivity contribution in [2.24, 2.45) is 7.05 Å². The molecule has 1 amide bonds. The van der Waals surface area contributed by atoms with Crippen LogP contribution < -0.4 is 15.6 Å². The molecular weight excluding hydrogens is 469 g/mol. The predicted molar refractivity (Wildman–Crippen MR) is 134 cm³/mol. The van der Waals surface area contributed by atoms with Crippen LogP contribution in [0.25, 0.3) is 21.9 Å². The van der Waals surface area contributed by atoms with Crippen molar-refractivity contribution in [3.05, 3.63) is 100 Å². The van der Waals surface area contributed by atoms with E-state index in [2.05, 4.69) is 11.9 Å². The van der Waals surface area contributed by atoms with Gasteiger partial charge in [0.25, 0.3) is 5.56 Å². The summed E-state index contributed by atoms with van der Waals surface area (Å²) in [5, 5.41) is 2.93. The van der Waals surface area contributed by atoms with E-state index in [1.165, 1.54) is 17.7 Å². The monoisotopic (exact) mass is 492 g/mol. The number of fused-ring (bicyclic) bond motifs is 1. The van der Waals surface area contributed by atoms with Crippen molar-refractivity contribution < 1.29 is 22.7 Å². The molecule has 1 heterocycles. The van der Waals surface area contributed by atoms with Crippen LogP contribution in [0.5, 0.6) is 11.5 Å². The van der Waals surface area contributed by atoms with Gasteiger partial charge in [-0.05, 0) is 66.8 Å². The summed E-state index contributed by atoms with van der Waals surface area (Å²) in [6.45, 7) is 7.26. The topological polar surface area (TPSA) is 60.3 Å². The van der Waals surface area contributed by atoms with Crippen LogP contribution >= 0.6 is 0 Å². The predicted octanol–water partition coefficient (Wildman–Crippen LogP) is 6.76. The van der Waals surface area contributed by atoms with E-state index in [1.54, 1.807) is 24.4 Å². The van der Waals surface area contributed by atoms with Gasteiger partial charge in [-0.2, -0.15) is 13.2 Å². The molecule has 0 radical (unpaired) electrons.